The van der Waals surface area contributed by atoms with Crippen LogP contribution in [0.5, 0.6) is 0 Å². The number of sulfonamides is 1. The lowest BCUT2D eigenvalue weighted by molar-refractivity contribution is -0.140. The molecule has 2 amide bonds. The van der Waals surface area contributed by atoms with Crippen LogP contribution in [0.4, 0.5) is 5.69 Å². The van der Waals surface area contributed by atoms with Crippen molar-refractivity contribution in [1.29, 1.82) is 0 Å². The van der Waals surface area contributed by atoms with Crippen LogP contribution in [-0.4, -0.2) is 50.0 Å². The van der Waals surface area contributed by atoms with Crippen LogP contribution in [0.3, 0.4) is 0 Å². The van der Waals surface area contributed by atoms with Crippen molar-refractivity contribution >= 4 is 62.3 Å². The molecule has 0 aliphatic carbocycles. The Hall–Kier alpha value is -2.00. The number of hydrogen-bond acceptors (Lipinski definition) is 4. The molecule has 1 N–H and O–H groups in total. The van der Waals surface area contributed by atoms with Crippen molar-refractivity contribution in [3.05, 3.63) is 62.6 Å². The van der Waals surface area contributed by atoms with Gasteiger partial charge in [-0.3, -0.25) is 13.9 Å². The maximum atomic E-state index is 13.4. The Bertz CT molecular complexity index is 1220. The summed E-state index contributed by atoms with van der Waals surface area (Å²) in [5.41, 5.74) is 1.75. The second-order valence-electron chi connectivity index (χ2n) is 9.07. The zero-order valence-electron chi connectivity index (χ0n) is 21.7. The number of nitrogens with zero attached hydrogens (tertiary/aromatic N) is 2. The Labute approximate surface area is 235 Å². The molecule has 204 valence electrons. The van der Waals surface area contributed by atoms with Gasteiger partial charge in [-0.15, -0.1) is 0 Å². The Balaban J connectivity index is 2.25. The molecule has 2 atom stereocenters. The van der Waals surface area contributed by atoms with Crippen LogP contribution in [-0.2, 0) is 26.2 Å². The van der Waals surface area contributed by atoms with Gasteiger partial charge in [0.2, 0.25) is 21.8 Å². The lowest BCUT2D eigenvalue weighted by Crippen LogP contribution is -2.49. The minimum atomic E-state index is -3.62. The van der Waals surface area contributed by atoms with Gasteiger partial charge in [0, 0.05) is 40.6 Å². The molecule has 0 saturated carbocycles. The van der Waals surface area contributed by atoms with Crippen molar-refractivity contribution in [2.75, 3.05) is 17.1 Å². The summed E-state index contributed by atoms with van der Waals surface area (Å²) in [7, 11) is -3.62. The van der Waals surface area contributed by atoms with Gasteiger partial charge in [-0.1, -0.05) is 53.9 Å². The van der Waals surface area contributed by atoms with Crippen LogP contribution in [0.25, 0.3) is 0 Å². The average Bonchev–Trinajstić information content (AvgIpc) is 2.82. The summed E-state index contributed by atoms with van der Waals surface area (Å²) >= 11 is 18.6. The minimum Gasteiger partial charge on any atom is -0.352 e. The van der Waals surface area contributed by atoms with E-state index < -0.39 is 16.1 Å². The summed E-state index contributed by atoms with van der Waals surface area (Å²) in [5.74, 6) is -0.575. The summed E-state index contributed by atoms with van der Waals surface area (Å²) in [6.45, 7) is 7.45. The highest BCUT2D eigenvalue weighted by Crippen LogP contribution is 2.29. The van der Waals surface area contributed by atoms with Crippen LogP contribution in [0, 0.1) is 6.92 Å². The van der Waals surface area contributed by atoms with Crippen molar-refractivity contribution in [2.45, 2.75) is 65.6 Å². The number of halogens is 3. The molecule has 0 bridgehead atoms. The van der Waals surface area contributed by atoms with E-state index in [9.17, 15) is 18.0 Å². The Morgan fingerprint density at radius 1 is 1.05 bits per heavy atom. The molecule has 11 heteroatoms. The standard InChI is InChI=1S/C26H34Cl3N3O4S/c1-6-17(2)30-26(34)19(4)31(16-20-12-13-21(27)15-23(20)29)25(33)11-8-14-32(37(5,35)36)24-10-7-9-22(28)18(24)3/h7,9-10,12-13,15,17,19H,6,8,11,14,16H2,1-5H3,(H,30,34)/t17-,19+/m0/s1. The largest absolute Gasteiger partial charge is 0.352 e. The van der Waals surface area contributed by atoms with Gasteiger partial charge in [0.05, 0.1) is 11.9 Å². The van der Waals surface area contributed by atoms with E-state index in [1.54, 1.807) is 50.2 Å². The lowest BCUT2D eigenvalue weighted by atomic mass is 10.1. The molecule has 0 aromatic heterocycles. The highest BCUT2D eigenvalue weighted by Gasteiger charge is 2.28. The minimum absolute atomic E-state index is 0.0256. The van der Waals surface area contributed by atoms with E-state index in [0.29, 0.717) is 31.9 Å². The quantitative estimate of drug-likeness (QED) is 0.337. The van der Waals surface area contributed by atoms with Crippen LogP contribution in [0.1, 0.15) is 51.2 Å². The molecule has 0 aliphatic rings. The number of amides is 2. The van der Waals surface area contributed by atoms with Gasteiger partial charge in [-0.25, -0.2) is 8.42 Å². The summed E-state index contributed by atoms with van der Waals surface area (Å²) in [6, 6.07) is 9.22. The van der Waals surface area contributed by atoms with Gasteiger partial charge in [-0.2, -0.15) is 0 Å². The second kappa shape index (κ2) is 13.7. The summed E-state index contributed by atoms with van der Waals surface area (Å²) < 4.78 is 26.3. The van der Waals surface area contributed by atoms with Gasteiger partial charge in [0.25, 0.3) is 0 Å². The molecule has 0 spiro atoms. The van der Waals surface area contributed by atoms with Crippen LogP contribution in [0.2, 0.25) is 15.1 Å². The predicted molar refractivity (Wildman–Crippen MR) is 152 cm³/mol. The summed E-state index contributed by atoms with van der Waals surface area (Å²) in [6.07, 6.45) is 2.13. The SMILES string of the molecule is CC[C@H](C)NC(=O)[C@@H](C)N(Cc1ccc(Cl)cc1Cl)C(=O)CCCN(c1cccc(Cl)c1C)S(C)(=O)=O. The normalized spacial score (nSPS) is 13.1. The fourth-order valence-electron chi connectivity index (χ4n) is 3.73. The molecular formula is C26H34Cl3N3O4S. The van der Waals surface area contributed by atoms with Crippen molar-refractivity contribution in [3.8, 4) is 0 Å². The van der Waals surface area contributed by atoms with E-state index in [-0.39, 0.29) is 43.8 Å². The van der Waals surface area contributed by atoms with Gasteiger partial charge < -0.3 is 10.2 Å². The molecular weight excluding hydrogens is 557 g/mol. The molecule has 2 rings (SSSR count). The average molecular weight is 591 g/mol. The predicted octanol–water partition coefficient (Wildman–Crippen LogP) is 5.83. The van der Waals surface area contributed by atoms with E-state index in [1.165, 1.54) is 9.21 Å². The molecule has 0 saturated heterocycles. The number of hydrogen-bond donors (Lipinski definition) is 1. The van der Waals surface area contributed by atoms with Crippen molar-refractivity contribution in [3.63, 3.8) is 0 Å². The molecule has 37 heavy (non-hydrogen) atoms. The molecule has 0 radical (unpaired) electrons. The molecule has 2 aromatic carbocycles. The molecule has 0 unspecified atom stereocenters. The van der Waals surface area contributed by atoms with E-state index in [2.05, 4.69) is 5.32 Å². The smallest absolute Gasteiger partial charge is 0.242 e. The third-order valence-electron chi connectivity index (χ3n) is 6.18. The van der Waals surface area contributed by atoms with Crippen LogP contribution >= 0.6 is 34.8 Å². The van der Waals surface area contributed by atoms with E-state index >= 15 is 0 Å². The van der Waals surface area contributed by atoms with E-state index in [0.717, 1.165) is 12.7 Å². The number of benzene rings is 2. The first-order valence-electron chi connectivity index (χ1n) is 12.0. The first kappa shape index (κ1) is 31.2. The van der Waals surface area contributed by atoms with Crippen LogP contribution < -0.4 is 9.62 Å². The number of carbonyl (C=O) groups excluding carboxylic acids is 2. The highest BCUT2D eigenvalue weighted by atomic mass is 35.5. The fraction of sp³-hybridized carbons (Fsp3) is 0.462. The summed E-state index contributed by atoms with van der Waals surface area (Å²) in [4.78, 5) is 27.8. The highest BCUT2D eigenvalue weighted by molar-refractivity contribution is 7.92. The zero-order valence-corrected chi connectivity index (χ0v) is 24.8. The zero-order chi connectivity index (χ0) is 27.9. The van der Waals surface area contributed by atoms with Crippen molar-refractivity contribution in [2.24, 2.45) is 0 Å². The van der Waals surface area contributed by atoms with Gasteiger partial charge in [-0.05, 0) is 69.0 Å². The van der Waals surface area contributed by atoms with Gasteiger partial charge in [0.15, 0.2) is 0 Å². The van der Waals surface area contributed by atoms with Crippen LogP contribution in [0.15, 0.2) is 36.4 Å². The number of nitrogens with one attached hydrogen (secondary N) is 1. The summed E-state index contributed by atoms with van der Waals surface area (Å²) in [5, 5.41) is 4.22. The molecule has 7 nitrogen and oxygen atoms in total. The first-order chi connectivity index (χ1) is 17.3. The fourth-order valence-corrected chi connectivity index (χ4v) is 5.38. The monoisotopic (exact) mass is 589 g/mol. The van der Waals surface area contributed by atoms with Crippen molar-refractivity contribution in [1.82, 2.24) is 10.2 Å². The topological polar surface area (TPSA) is 86.8 Å². The van der Waals surface area contributed by atoms with Gasteiger partial charge in [0.1, 0.15) is 6.04 Å². The number of rotatable bonds is 12. The van der Waals surface area contributed by atoms with E-state index in [1.807, 2.05) is 13.8 Å². The molecule has 0 heterocycles. The lowest BCUT2D eigenvalue weighted by Gasteiger charge is -2.30. The first-order valence-corrected chi connectivity index (χ1v) is 15.0. The second-order valence-corrected chi connectivity index (χ2v) is 12.2. The maximum Gasteiger partial charge on any atom is 0.242 e. The van der Waals surface area contributed by atoms with E-state index in [4.69, 9.17) is 34.8 Å². The molecule has 2 aromatic rings. The number of carbonyl (C=O) groups is 2. The Kier molecular flexibility index (Phi) is 11.6. The molecule has 0 fully saturated rings. The molecule has 0 aliphatic heterocycles. The number of anilines is 1. The Morgan fingerprint density at radius 2 is 1.73 bits per heavy atom. The Morgan fingerprint density at radius 3 is 2.32 bits per heavy atom. The van der Waals surface area contributed by atoms with Crippen molar-refractivity contribution < 1.29 is 18.0 Å². The third kappa shape index (κ3) is 8.77. The maximum absolute atomic E-state index is 13.4. The third-order valence-corrected chi connectivity index (χ3v) is 8.36. The van der Waals surface area contributed by atoms with Gasteiger partial charge >= 0.3 is 0 Å².